The number of halogens is 1. The molecule has 1 aromatic carbocycles. The normalized spacial score (nSPS) is 22.4. The van der Waals surface area contributed by atoms with Crippen LogP contribution in [0.1, 0.15) is 51.4 Å². The van der Waals surface area contributed by atoms with E-state index in [-0.39, 0.29) is 24.3 Å². The van der Waals surface area contributed by atoms with Gasteiger partial charge in [-0.3, -0.25) is 19.5 Å². The van der Waals surface area contributed by atoms with Crippen molar-refractivity contribution in [1.29, 1.82) is 0 Å². The van der Waals surface area contributed by atoms with Gasteiger partial charge in [0.25, 0.3) is 0 Å². The zero-order chi connectivity index (χ0) is 20.6. The van der Waals surface area contributed by atoms with Gasteiger partial charge in [-0.15, -0.1) is 6.58 Å². The van der Waals surface area contributed by atoms with Crippen molar-refractivity contribution in [1.82, 2.24) is 4.90 Å². The standard InChI is InChI=1S/C22H28ClN3O2S/c1-2-14-24-22-26(18-8-6-4-3-5-7-9-18)21(28)19(29-22)15-20(27)25-17-12-10-16(23)11-13-17/h2,10-13,18-19H,1,3-9,14-15H2,(H,25,27)/t19-/m0/s1. The Morgan fingerprint density at radius 1 is 1.21 bits per heavy atom. The van der Waals surface area contributed by atoms with E-state index in [2.05, 4.69) is 16.9 Å². The number of rotatable bonds is 6. The highest BCUT2D eigenvalue weighted by Gasteiger charge is 2.42. The SMILES string of the molecule is C=CCN=C1S[C@@H](CC(=O)Nc2ccc(Cl)cc2)C(=O)N1C1CCCCCCC1. The zero-order valence-electron chi connectivity index (χ0n) is 16.6. The third-order valence-corrected chi connectivity index (χ3v) is 6.70. The summed E-state index contributed by atoms with van der Waals surface area (Å²) in [4.78, 5) is 32.2. The number of amidine groups is 1. The van der Waals surface area contributed by atoms with E-state index in [0.717, 1.165) is 30.9 Å². The lowest BCUT2D eigenvalue weighted by Crippen LogP contribution is -2.42. The Kier molecular flexibility index (Phi) is 8.19. The molecule has 2 fully saturated rings. The lowest BCUT2D eigenvalue weighted by molar-refractivity contribution is -0.129. The molecule has 1 aromatic rings. The Labute approximate surface area is 182 Å². The van der Waals surface area contributed by atoms with E-state index < -0.39 is 5.25 Å². The molecule has 2 aliphatic rings. The molecule has 0 aromatic heterocycles. The van der Waals surface area contributed by atoms with Gasteiger partial charge in [-0.25, -0.2) is 0 Å². The van der Waals surface area contributed by atoms with Gasteiger partial charge >= 0.3 is 0 Å². The van der Waals surface area contributed by atoms with Gasteiger partial charge in [-0.05, 0) is 37.1 Å². The van der Waals surface area contributed by atoms with Crippen LogP contribution in [-0.4, -0.2) is 39.7 Å². The van der Waals surface area contributed by atoms with E-state index >= 15 is 0 Å². The van der Waals surface area contributed by atoms with Crippen LogP contribution in [0.3, 0.4) is 0 Å². The number of nitrogens with zero attached hydrogens (tertiary/aromatic N) is 2. The minimum absolute atomic E-state index is 0.00893. The molecule has 0 bridgehead atoms. The summed E-state index contributed by atoms with van der Waals surface area (Å²) in [6.07, 6.45) is 9.85. The van der Waals surface area contributed by atoms with Crippen LogP contribution in [0.25, 0.3) is 0 Å². The molecule has 1 N–H and O–H groups in total. The lowest BCUT2D eigenvalue weighted by atomic mass is 9.95. The Morgan fingerprint density at radius 2 is 1.86 bits per heavy atom. The molecule has 1 heterocycles. The highest BCUT2D eigenvalue weighted by atomic mass is 35.5. The Hall–Kier alpha value is -1.79. The van der Waals surface area contributed by atoms with Gasteiger partial charge in [0.2, 0.25) is 11.8 Å². The van der Waals surface area contributed by atoms with Crippen LogP contribution >= 0.6 is 23.4 Å². The van der Waals surface area contributed by atoms with E-state index in [0.29, 0.717) is 17.3 Å². The van der Waals surface area contributed by atoms with Crippen molar-refractivity contribution in [3.05, 3.63) is 41.9 Å². The van der Waals surface area contributed by atoms with Crippen molar-refractivity contribution in [2.75, 3.05) is 11.9 Å². The van der Waals surface area contributed by atoms with Crippen LogP contribution in [0.4, 0.5) is 5.69 Å². The predicted octanol–water partition coefficient (Wildman–Crippen LogP) is 5.27. The second kappa shape index (κ2) is 10.8. The number of amides is 2. The van der Waals surface area contributed by atoms with Crippen molar-refractivity contribution in [2.24, 2.45) is 4.99 Å². The first-order valence-electron chi connectivity index (χ1n) is 10.3. The third kappa shape index (κ3) is 6.09. The predicted molar refractivity (Wildman–Crippen MR) is 122 cm³/mol. The van der Waals surface area contributed by atoms with Gasteiger partial charge in [0.05, 0.1) is 6.54 Å². The average molecular weight is 434 g/mol. The molecule has 1 aliphatic carbocycles. The molecule has 0 radical (unpaired) electrons. The first-order chi connectivity index (χ1) is 14.1. The first kappa shape index (κ1) is 21.9. The maximum Gasteiger partial charge on any atom is 0.242 e. The molecule has 0 unspecified atom stereocenters. The number of benzene rings is 1. The number of aliphatic imine (C=N–C) groups is 1. The summed E-state index contributed by atoms with van der Waals surface area (Å²) in [6.45, 7) is 4.21. The molecule has 1 aliphatic heterocycles. The van der Waals surface area contributed by atoms with Gasteiger partial charge in [-0.1, -0.05) is 61.5 Å². The molecular weight excluding hydrogens is 406 g/mol. The molecule has 7 heteroatoms. The largest absolute Gasteiger partial charge is 0.326 e. The van der Waals surface area contributed by atoms with Gasteiger partial charge in [0, 0.05) is 23.2 Å². The van der Waals surface area contributed by atoms with Crippen LogP contribution in [-0.2, 0) is 9.59 Å². The van der Waals surface area contributed by atoms with Crippen LogP contribution in [0.5, 0.6) is 0 Å². The van der Waals surface area contributed by atoms with Gasteiger partial charge in [0.15, 0.2) is 5.17 Å². The third-order valence-electron chi connectivity index (χ3n) is 5.26. The number of carbonyl (C=O) groups is 2. The van der Waals surface area contributed by atoms with E-state index in [1.807, 2.05) is 4.90 Å². The summed E-state index contributed by atoms with van der Waals surface area (Å²) >= 11 is 7.30. The van der Waals surface area contributed by atoms with Crippen LogP contribution < -0.4 is 5.32 Å². The summed E-state index contributed by atoms with van der Waals surface area (Å²) in [6, 6.07) is 7.14. The summed E-state index contributed by atoms with van der Waals surface area (Å²) < 4.78 is 0. The fourth-order valence-electron chi connectivity index (χ4n) is 3.81. The first-order valence-corrected chi connectivity index (χ1v) is 11.5. The number of thioether (sulfide) groups is 1. The van der Waals surface area contributed by atoms with Crippen LogP contribution in [0, 0.1) is 0 Å². The van der Waals surface area contributed by atoms with E-state index in [1.165, 1.54) is 31.0 Å². The Balaban J connectivity index is 1.69. The highest BCUT2D eigenvalue weighted by molar-refractivity contribution is 8.15. The molecule has 29 heavy (non-hydrogen) atoms. The quantitative estimate of drug-likeness (QED) is 0.622. The van der Waals surface area contributed by atoms with Crippen molar-refractivity contribution < 1.29 is 9.59 Å². The van der Waals surface area contributed by atoms with E-state index in [9.17, 15) is 9.59 Å². The molecule has 1 saturated heterocycles. The zero-order valence-corrected chi connectivity index (χ0v) is 18.2. The second-order valence-corrected chi connectivity index (χ2v) is 9.09. The maximum absolute atomic E-state index is 13.2. The molecule has 2 amide bonds. The monoisotopic (exact) mass is 433 g/mol. The highest BCUT2D eigenvalue weighted by Crippen LogP contribution is 2.35. The van der Waals surface area contributed by atoms with E-state index in [1.54, 1.807) is 30.3 Å². The summed E-state index contributed by atoms with van der Waals surface area (Å²) in [7, 11) is 0. The number of hydrogen-bond acceptors (Lipinski definition) is 4. The van der Waals surface area contributed by atoms with Crippen molar-refractivity contribution >= 4 is 46.0 Å². The number of hydrogen-bond donors (Lipinski definition) is 1. The van der Waals surface area contributed by atoms with Crippen LogP contribution in [0.15, 0.2) is 41.9 Å². The second-order valence-electron chi connectivity index (χ2n) is 7.48. The fourth-order valence-corrected chi connectivity index (χ4v) is 5.14. The van der Waals surface area contributed by atoms with Crippen molar-refractivity contribution in [2.45, 2.75) is 62.7 Å². The lowest BCUT2D eigenvalue weighted by Gasteiger charge is -2.29. The minimum atomic E-state index is -0.434. The molecule has 1 saturated carbocycles. The fraction of sp³-hybridized carbons (Fsp3) is 0.500. The number of carbonyl (C=O) groups excluding carboxylic acids is 2. The summed E-state index contributed by atoms with van der Waals surface area (Å²) in [5.41, 5.74) is 0.673. The van der Waals surface area contributed by atoms with Crippen LogP contribution in [0.2, 0.25) is 5.02 Å². The Morgan fingerprint density at radius 3 is 2.52 bits per heavy atom. The molecule has 5 nitrogen and oxygen atoms in total. The van der Waals surface area contributed by atoms with Gasteiger partial charge in [0.1, 0.15) is 5.25 Å². The molecule has 3 rings (SSSR count). The maximum atomic E-state index is 13.2. The molecule has 1 atom stereocenters. The van der Waals surface area contributed by atoms with E-state index in [4.69, 9.17) is 11.6 Å². The molecule has 0 spiro atoms. The topological polar surface area (TPSA) is 61.8 Å². The summed E-state index contributed by atoms with van der Waals surface area (Å²) in [5, 5.41) is 3.77. The molecular formula is C22H28ClN3O2S. The van der Waals surface area contributed by atoms with Gasteiger partial charge < -0.3 is 5.32 Å². The van der Waals surface area contributed by atoms with Crippen molar-refractivity contribution in [3.8, 4) is 0 Å². The summed E-state index contributed by atoms with van der Waals surface area (Å²) in [5.74, 6) is -0.171. The van der Waals surface area contributed by atoms with Gasteiger partial charge in [-0.2, -0.15) is 0 Å². The van der Waals surface area contributed by atoms with Crippen molar-refractivity contribution in [3.63, 3.8) is 0 Å². The number of anilines is 1. The minimum Gasteiger partial charge on any atom is -0.326 e. The average Bonchev–Trinajstić information content (AvgIpc) is 2.97. The molecule has 156 valence electrons. The smallest absolute Gasteiger partial charge is 0.242 e. The number of nitrogens with one attached hydrogen (secondary N) is 1. The Bertz CT molecular complexity index is 758.